The number of benzene rings is 2. The van der Waals surface area contributed by atoms with Crippen LogP contribution in [0.15, 0.2) is 57.9 Å². The number of halogens is 1. The standard InChI is InChI=1S/C18H23BrO5S2/c1-15-2-8-18(9-3-15)26(22,23)24-25(12-10-20,13-11-21)14-16-4-6-17(19)7-5-16/h2-9,20-21H,10-14H2,1H3. The van der Waals surface area contributed by atoms with Crippen LogP contribution in [0.2, 0.25) is 0 Å². The monoisotopic (exact) mass is 462 g/mol. The van der Waals surface area contributed by atoms with Gasteiger partial charge >= 0.3 is 10.1 Å². The van der Waals surface area contributed by atoms with Gasteiger partial charge in [-0.2, -0.15) is 8.42 Å². The van der Waals surface area contributed by atoms with Crippen molar-refractivity contribution in [3.8, 4) is 0 Å². The van der Waals surface area contributed by atoms with Gasteiger partial charge in [0, 0.05) is 21.7 Å². The Bertz CT molecular complexity index is 798. The van der Waals surface area contributed by atoms with Gasteiger partial charge in [-0.15, -0.1) is 10.3 Å². The lowest BCUT2D eigenvalue weighted by molar-refractivity contribution is 0.312. The van der Waals surface area contributed by atoms with Crippen LogP contribution in [0.4, 0.5) is 0 Å². The topological polar surface area (TPSA) is 83.8 Å². The minimum absolute atomic E-state index is 0.0756. The van der Waals surface area contributed by atoms with Gasteiger partial charge in [0.25, 0.3) is 0 Å². The van der Waals surface area contributed by atoms with E-state index >= 15 is 0 Å². The van der Waals surface area contributed by atoms with E-state index in [4.69, 9.17) is 3.63 Å². The van der Waals surface area contributed by atoms with E-state index in [1.54, 1.807) is 12.1 Å². The van der Waals surface area contributed by atoms with Crippen LogP contribution in [0.25, 0.3) is 0 Å². The normalized spacial score (nSPS) is 12.9. The lowest BCUT2D eigenvalue weighted by atomic mass is 10.2. The molecule has 0 atom stereocenters. The Morgan fingerprint density at radius 1 is 0.923 bits per heavy atom. The van der Waals surface area contributed by atoms with Crippen LogP contribution in [0.1, 0.15) is 11.1 Å². The first-order chi connectivity index (χ1) is 12.3. The molecule has 0 saturated heterocycles. The van der Waals surface area contributed by atoms with Crippen molar-refractivity contribution in [2.75, 3.05) is 24.7 Å². The van der Waals surface area contributed by atoms with Gasteiger partial charge in [-0.05, 0) is 36.8 Å². The zero-order valence-electron chi connectivity index (χ0n) is 14.5. The van der Waals surface area contributed by atoms with Crippen molar-refractivity contribution >= 4 is 36.4 Å². The number of rotatable bonds is 9. The third-order valence-electron chi connectivity index (χ3n) is 3.81. The molecule has 0 fully saturated rings. The zero-order chi connectivity index (χ0) is 19.2. The molecule has 0 bridgehead atoms. The van der Waals surface area contributed by atoms with Crippen LogP contribution >= 0.6 is 26.2 Å². The predicted molar refractivity (Wildman–Crippen MR) is 109 cm³/mol. The molecule has 0 aliphatic heterocycles. The molecule has 2 rings (SSSR count). The first kappa shape index (κ1) is 21.4. The second-order valence-electron chi connectivity index (χ2n) is 5.93. The molecule has 0 radical (unpaired) electrons. The van der Waals surface area contributed by atoms with E-state index in [9.17, 15) is 18.6 Å². The fourth-order valence-electron chi connectivity index (χ4n) is 2.49. The van der Waals surface area contributed by atoms with Gasteiger partial charge < -0.3 is 10.2 Å². The number of hydrogen-bond donors (Lipinski definition) is 2. The summed E-state index contributed by atoms with van der Waals surface area (Å²) in [5, 5.41) is 19.0. The van der Waals surface area contributed by atoms with Crippen molar-refractivity contribution in [2.45, 2.75) is 17.6 Å². The Hall–Kier alpha value is -0.900. The van der Waals surface area contributed by atoms with Crippen molar-refractivity contribution in [3.05, 3.63) is 64.1 Å². The molecule has 2 aromatic carbocycles. The van der Waals surface area contributed by atoms with E-state index < -0.39 is 20.4 Å². The second kappa shape index (κ2) is 9.34. The van der Waals surface area contributed by atoms with E-state index in [-0.39, 0.29) is 29.6 Å². The molecule has 0 aliphatic carbocycles. The summed E-state index contributed by atoms with van der Waals surface area (Å²) in [6.45, 7) is 1.45. The fourth-order valence-corrected chi connectivity index (χ4v) is 7.75. The average molecular weight is 463 g/mol. The maximum atomic E-state index is 12.8. The smallest absolute Gasteiger partial charge is 0.306 e. The van der Waals surface area contributed by atoms with Gasteiger partial charge in [0.15, 0.2) is 0 Å². The molecule has 8 heteroatoms. The summed E-state index contributed by atoms with van der Waals surface area (Å²) in [4.78, 5) is 0.0756. The highest BCUT2D eigenvalue weighted by Gasteiger charge is 2.32. The third-order valence-corrected chi connectivity index (χ3v) is 9.78. The van der Waals surface area contributed by atoms with Crippen molar-refractivity contribution < 1.29 is 22.3 Å². The zero-order valence-corrected chi connectivity index (χ0v) is 17.7. The van der Waals surface area contributed by atoms with E-state index in [1.165, 1.54) is 12.1 Å². The average Bonchev–Trinajstić information content (AvgIpc) is 2.57. The number of hydrogen-bond acceptors (Lipinski definition) is 5. The highest BCUT2D eigenvalue weighted by atomic mass is 79.9. The number of aryl methyl sites for hydroxylation is 1. The van der Waals surface area contributed by atoms with Crippen molar-refractivity contribution in [3.63, 3.8) is 0 Å². The molecular weight excluding hydrogens is 440 g/mol. The summed E-state index contributed by atoms with van der Waals surface area (Å²) >= 11 is 3.37. The van der Waals surface area contributed by atoms with E-state index in [0.29, 0.717) is 5.75 Å². The quantitative estimate of drug-likeness (QED) is 0.596. The van der Waals surface area contributed by atoms with Gasteiger partial charge in [0.1, 0.15) is 0 Å². The van der Waals surface area contributed by atoms with Gasteiger partial charge in [0.2, 0.25) is 0 Å². The third kappa shape index (κ3) is 5.80. The number of aliphatic hydroxyl groups excluding tert-OH is 2. The SMILES string of the molecule is Cc1ccc(S(=O)(=O)OS(CCO)(CCO)Cc2ccc(Br)cc2)cc1. The Morgan fingerprint density at radius 3 is 1.96 bits per heavy atom. The molecule has 2 aromatic rings. The van der Waals surface area contributed by atoms with E-state index in [2.05, 4.69) is 15.9 Å². The summed E-state index contributed by atoms with van der Waals surface area (Å²) in [6, 6.07) is 13.9. The van der Waals surface area contributed by atoms with Crippen molar-refractivity contribution in [1.82, 2.24) is 0 Å². The van der Waals surface area contributed by atoms with Gasteiger partial charge in [-0.3, -0.25) is 0 Å². The van der Waals surface area contributed by atoms with Crippen molar-refractivity contribution in [2.24, 2.45) is 0 Å². The Labute approximate surface area is 164 Å². The Balaban J connectivity index is 2.36. The molecule has 5 nitrogen and oxygen atoms in total. The molecule has 0 saturated carbocycles. The summed E-state index contributed by atoms with van der Waals surface area (Å²) in [5.41, 5.74) is 1.84. The van der Waals surface area contributed by atoms with E-state index in [0.717, 1.165) is 15.6 Å². The molecule has 2 N–H and O–H groups in total. The first-order valence-corrected chi connectivity index (χ1v) is 12.3. The summed E-state index contributed by atoms with van der Waals surface area (Å²) in [7, 11) is -6.28. The summed E-state index contributed by atoms with van der Waals surface area (Å²) in [6.07, 6.45) is 0. The molecule has 0 amide bonds. The van der Waals surface area contributed by atoms with Crippen LogP contribution in [-0.2, 0) is 19.5 Å². The molecule has 0 unspecified atom stereocenters. The predicted octanol–water partition coefficient (Wildman–Crippen LogP) is 3.37. The van der Waals surface area contributed by atoms with Crippen LogP contribution in [0.3, 0.4) is 0 Å². The second-order valence-corrected chi connectivity index (χ2v) is 11.8. The molecule has 144 valence electrons. The van der Waals surface area contributed by atoms with Crippen LogP contribution in [0.5, 0.6) is 0 Å². The van der Waals surface area contributed by atoms with Crippen molar-refractivity contribution in [1.29, 1.82) is 0 Å². The van der Waals surface area contributed by atoms with Gasteiger partial charge in [-0.25, -0.2) is 3.63 Å². The molecule has 0 heterocycles. The minimum Gasteiger partial charge on any atom is -0.395 e. The highest BCUT2D eigenvalue weighted by Crippen LogP contribution is 2.53. The molecule has 0 spiro atoms. The first-order valence-electron chi connectivity index (χ1n) is 8.05. The molecular formula is C18H23BrO5S2. The maximum absolute atomic E-state index is 12.8. The summed E-state index contributed by atoms with van der Waals surface area (Å²) < 4.78 is 32.2. The Kier molecular flexibility index (Phi) is 7.69. The van der Waals surface area contributed by atoms with Gasteiger partial charge in [0.05, 0.1) is 18.1 Å². The van der Waals surface area contributed by atoms with E-state index in [1.807, 2.05) is 31.2 Å². The van der Waals surface area contributed by atoms with Crippen LogP contribution < -0.4 is 0 Å². The highest BCUT2D eigenvalue weighted by molar-refractivity contribution is 9.10. The van der Waals surface area contributed by atoms with Crippen LogP contribution in [-0.4, -0.2) is 43.4 Å². The molecule has 0 aliphatic rings. The van der Waals surface area contributed by atoms with Crippen LogP contribution in [0, 0.1) is 6.92 Å². The fraction of sp³-hybridized carbons (Fsp3) is 0.333. The maximum Gasteiger partial charge on any atom is 0.306 e. The number of aliphatic hydroxyl groups is 2. The largest absolute Gasteiger partial charge is 0.395 e. The molecule has 26 heavy (non-hydrogen) atoms. The lowest BCUT2D eigenvalue weighted by Crippen LogP contribution is -2.23. The minimum atomic E-state index is -4.00. The Morgan fingerprint density at radius 2 is 1.46 bits per heavy atom. The molecule has 0 aromatic heterocycles. The van der Waals surface area contributed by atoms with Gasteiger partial charge in [-0.1, -0.05) is 45.8 Å². The lowest BCUT2D eigenvalue weighted by Gasteiger charge is -2.37. The summed E-state index contributed by atoms with van der Waals surface area (Å²) in [5.74, 6) is 0.690.